The molecular weight excluding hydrogens is 364 g/mol. The fraction of sp³-hybridized carbons (Fsp3) is 0.533. The van der Waals surface area contributed by atoms with E-state index in [1.165, 1.54) is 18.2 Å². The average molecular weight is 386 g/mol. The van der Waals surface area contributed by atoms with Gasteiger partial charge in [-0.05, 0) is 26.8 Å². The van der Waals surface area contributed by atoms with Crippen LogP contribution in [0.2, 0.25) is 0 Å². The normalized spacial score (nSPS) is 21.4. The molecule has 10 nitrogen and oxygen atoms in total. The molecule has 0 aromatic heterocycles. The number of nitrogens with zero attached hydrogens (tertiary/aromatic N) is 2. The molecule has 11 heteroatoms. The van der Waals surface area contributed by atoms with E-state index in [9.17, 15) is 23.3 Å². The SMILES string of the molecule is CC(C)(C)OC(=O)N[C@H]1CN(S(=O)(=O)c2ccccc2[N+](=O)[O-])C[C@H]1N. The number of nitrogens with two attached hydrogens (primary N) is 1. The van der Waals surface area contributed by atoms with Gasteiger partial charge in [0.25, 0.3) is 5.69 Å². The first-order valence-corrected chi connectivity index (χ1v) is 9.34. The van der Waals surface area contributed by atoms with E-state index < -0.39 is 49.3 Å². The lowest BCUT2D eigenvalue weighted by molar-refractivity contribution is -0.387. The van der Waals surface area contributed by atoms with E-state index in [1.54, 1.807) is 20.8 Å². The summed E-state index contributed by atoms with van der Waals surface area (Å²) in [5.41, 5.74) is 4.73. The third kappa shape index (κ3) is 4.48. The lowest BCUT2D eigenvalue weighted by Crippen LogP contribution is -2.48. The number of hydrogen-bond donors (Lipinski definition) is 2. The van der Waals surface area contributed by atoms with Crippen molar-refractivity contribution in [3.63, 3.8) is 0 Å². The first-order valence-electron chi connectivity index (χ1n) is 7.90. The van der Waals surface area contributed by atoms with E-state index in [2.05, 4.69) is 5.32 Å². The average Bonchev–Trinajstić information content (AvgIpc) is 2.87. The van der Waals surface area contributed by atoms with Gasteiger partial charge in [0.05, 0.1) is 11.0 Å². The smallest absolute Gasteiger partial charge is 0.407 e. The van der Waals surface area contributed by atoms with Gasteiger partial charge in [-0.2, -0.15) is 4.31 Å². The summed E-state index contributed by atoms with van der Waals surface area (Å²) >= 11 is 0. The van der Waals surface area contributed by atoms with Crippen LogP contribution in [-0.4, -0.2) is 54.5 Å². The van der Waals surface area contributed by atoms with Crippen molar-refractivity contribution in [1.82, 2.24) is 9.62 Å². The number of nitrogens with one attached hydrogen (secondary N) is 1. The van der Waals surface area contributed by atoms with Crippen LogP contribution in [0.15, 0.2) is 29.2 Å². The van der Waals surface area contributed by atoms with Crippen molar-refractivity contribution < 1.29 is 22.9 Å². The van der Waals surface area contributed by atoms with E-state index in [0.717, 1.165) is 10.4 Å². The minimum atomic E-state index is -4.13. The van der Waals surface area contributed by atoms with Gasteiger partial charge in [-0.15, -0.1) is 0 Å². The summed E-state index contributed by atoms with van der Waals surface area (Å²) in [6.07, 6.45) is -0.706. The highest BCUT2D eigenvalue weighted by molar-refractivity contribution is 7.89. The van der Waals surface area contributed by atoms with Crippen LogP contribution in [0.3, 0.4) is 0 Å². The Kier molecular flexibility index (Phi) is 5.54. The summed E-state index contributed by atoms with van der Waals surface area (Å²) in [7, 11) is -4.13. The number of carbonyl (C=O) groups is 1. The standard InChI is InChI=1S/C15H22N4O6S/c1-15(2,3)25-14(20)17-11-9-18(8-10(11)16)26(23,24)13-7-5-4-6-12(13)19(21)22/h4-7,10-11H,8-9,16H2,1-3H3,(H,17,20)/t10-,11+/m1/s1. The Hall–Kier alpha value is -2.24. The first kappa shape index (κ1) is 20.1. The number of nitro groups is 1. The van der Waals surface area contributed by atoms with Gasteiger partial charge in [0.2, 0.25) is 10.0 Å². The highest BCUT2D eigenvalue weighted by Crippen LogP contribution is 2.28. The fourth-order valence-electron chi connectivity index (χ4n) is 2.56. The number of amides is 1. The summed E-state index contributed by atoms with van der Waals surface area (Å²) in [5.74, 6) is 0. The highest BCUT2D eigenvalue weighted by atomic mass is 32.2. The molecule has 0 bridgehead atoms. The zero-order valence-corrected chi connectivity index (χ0v) is 15.5. The largest absolute Gasteiger partial charge is 0.444 e. The van der Waals surface area contributed by atoms with Crippen LogP contribution < -0.4 is 11.1 Å². The monoisotopic (exact) mass is 386 g/mol. The highest BCUT2D eigenvalue weighted by Gasteiger charge is 2.41. The lowest BCUT2D eigenvalue weighted by atomic mass is 10.2. The molecule has 1 heterocycles. The van der Waals surface area contributed by atoms with Crippen LogP contribution >= 0.6 is 0 Å². The summed E-state index contributed by atoms with van der Waals surface area (Å²) in [5, 5.41) is 13.7. The third-order valence-electron chi connectivity index (χ3n) is 3.71. The van der Waals surface area contributed by atoms with Crippen molar-refractivity contribution in [1.29, 1.82) is 0 Å². The molecule has 0 spiro atoms. The van der Waals surface area contributed by atoms with Crippen LogP contribution in [0.5, 0.6) is 0 Å². The number of ether oxygens (including phenoxy) is 1. The quantitative estimate of drug-likeness (QED) is 0.575. The maximum absolute atomic E-state index is 12.8. The number of hydrogen-bond acceptors (Lipinski definition) is 7. The Morgan fingerprint density at radius 3 is 2.54 bits per heavy atom. The van der Waals surface area contributed by atoms with Crippen molar-refractivity contribution in [3.05, 3.63) is 34.4 Å². The van der Waals surface area contributed by atoms with E-state index in [-0.39, 0.29) is 13.1 Å². The predicted octanol–water partition coefficient (Wildman–Crippen LogP) is 0.820. The van der Waals surface area contributed by atoms with Crippen molar-refractivity contribution in [3.8, 4) is 0 Å². The van der Waals surface area contributed by atoms with Crippen molar-refractivity contribution in [2.75, 3.05) is 13.1 Å². The maximum Gasteiger partial charge on any atom is 0.407 e. The molecule has 1 amide bonds. The van der Waals surface area contributed by atoms with Gasteiger partial charge in [-0.1, -0.05) is 12.1 Å². The van der Waals surface area contributed by atoms with Gasteiger partial charge in [-0.25, -0.2) is 13.2 Å². The Labute approximate surface area is 151 Å². The van der Waals surface area contributed by atoms with E-state index in [4.69, 9.17) is 10.5 Å². The first-order chi connectivity index (χ1) is 11.9. The van der Waals surface area contributed by atoms with E-state index in [1.807, 2.05) is 0 Å². The molecule has 2 atom stereocenters. The van der Waals surface area contributed by atoms with E-state index >= 15 is 0 Å². The number of sulfonamides is 1. The molecule has 1 aliphatic rings. The van der Waals surface area contributed by atoms with Gasteiger partial charge in [0, 0.05) is 25.2 Å². The topological polar surface area (TPSA) is 145 Å². The zero-order valence-electron chi connectivity index (χ0n) is 14.7. The molecule has 1 saturated heterocycles. The number of carbonyl (C=O) groups excluding carboxylic acids is 1. The molecule has 0 radical (unpaired) electrons. The second kappa shape index (κ2) is 7.17. The Morgan fingerprint density at radius 2 is 1.96 bits per heavy atom. The van der Waals surface area contributed by atoms with Crippen molar-refractivity contribution in [2.24, 2.45) is 5.73 Å². The molecule has 0 saturated carbocycles. The van der Waals surface area contributed by atoms with Gasteiger partial charge in [0.15, 0.2) is 4.90 Å². The molecule has 144 valence electrons. The number of nitro benzene ring substituents is 1. The second-order valence-electron chi connectivity index (χ2n) is 6.96. The van der Waals surface area contributed by atoms with Gasteiger partial charge >= 0.3 is 6.09 Å². The van der Waals surface area contributed by atoms with Crippen LogP contribution in [0.4, 0.5) is 10.5 Å². The molecule has 0 unspecified atom stereocenters. The molecular formula is C15H22N4O6S. The fourth-order valence-corrected chi connectivity index (χ4v) is 4.23. The molecule has 1 aliphatic heterocycles. The summed E-state index contributed by atoms with van der Waals surface area (Å²) < 4.78 is 31.7. The Morgan fingerprint density at radius 1 is 1.35 bits per heavy atom. The Balaban J connectivity index is 2.18. The maximum atomic E-state index is 12.8. The molecule has 0 aliphatic carbocycles. The Bertz CT molecular complexity index is 805. The van der Waals surface area contributed by atoms with Crippen molar-refractivity contribution >= 4 is 21.8 Å². The minimum absolute atomic E-state index is 0.0746. The van der Waals surface area contributed by atoms with Crippen LogP contribution in [0, 0.1) is 10.1 Å². The van der Waals surface area contributed by atoms with Gasteiger partial charge in [-0.3, -0.25) is 10.1 Å². The molecule has 1 aromatic carbocycles. The van der Waals surface area contributed by atoms with Crippen LogP contribution in [-0.2, 0) is 14.8 Å². The molecule has 1 fully saturated rings. The van der Waals surface area contributed by atoms with Crippen molar-refractivity contribution in [2.45, 2.75) is 43.4 Å². The molecule has 2 rings (SSSR count). The van der Waals surface area contributed by atoms with E-state index in [0.29, 0.717) is 0 Å². The number of alkyl carbamates (subject to hydrolysis) is 1. The predicted molar refractivity (Wildman–Crippen MR) is 93.0 cm³/mol. The number of para-hydroxylation sites is 1. The summed E-state index contributed by atoms with van der Waals surface area (Å²) in [6.45, 7) is 4.93. The number of benzene rings is 1. The molecule has 3 N–H and O–H groups in total. The number of rotatable bonds is 4. The zero-order chi connectivity index (χ0) is 19.7. The van der Waals surface area contributed by atoms with Crippen LogP contribution in [0.1, 0.15) is 20.8 Å². The second-order valence-corrected chi connectivity index (χ2v) is 8.87. The van der Waals surface area contributed by atoms with Gasteiger partial charge < -0.3 is 15.8 Å². The van der Waals surface area contributed by atoms with Crippen LogP contribution in [0.25, 0.3) is 0 Å². The van der Waals surface area contributed by atoms with Gasteiger partial charge in [0.1, 0.15) is 5.60 Å². The lowest BCUT2D eigenvalue weighted by Gasteiger charge is -2.23. The summed E-state index contributed by atoms with van der Waals surface area (Å²) in [6, 6.07) is 3.77. The minimum Gasteiger partial charge on any atom is -0.444 e. The summed E-state index contributed by atoms with van der Waals surface area (Å²) in [4.78, 5) is 21.8. The molecule has 1 aromatic rings. The molecule has 26 heavy (non-hydrogen) atoms. The third-order valence-corrected chi connectivity index (χ3v) is 5.59.